The summed E-state index contributed by atoms with van der Waals surface area (Å²) < 4.78 is 23.0. The molecule has 0 spiro atoms. The minimum absolute atomic E-state index is 0.248. The van der Waals surface area contributed by atoms with Gasteiger partial charge in [-0.3, -0.25) is 0 Å². The van der Waals surface area contributed by atoms with E-state index >= 15 is 0 Å². The molecule has 0 amide bonds. The van der Waals surface area contributed by atoms with Crippen molar-refractivity contribution in [3.63, 3.8) is 0 Å². The van der Waals surface area contributed by atoms with Crippen molar-refractivity contribution in [1.29, 1.82) is 0 Å². The van der Waals surface area contributed by atoms with Crippen molar-refractivity contribution in [1.82, 2.24) is 10.1 Å². The van der Waals surface area contributed by atoms with Gasteiger partial charge in [0.2, 0.25) is 11.7 Å². The Morgan fingerprint density at radius 1 is 1.16 bits per heavy atom. The zero-order valence-electron chi connectivity index (χ0n) is 9.75. The fourth-order valence-electron chi connectivity index (χ4n) is 1.50. The third kappa shape index (κ3) is 2.85. The molecule has 1 aromatic carbocycles. The van der Waals surface area contributed by atoms with Gasteiger partial charge in [-0.05, 0) is 36.4 Å². The number of furan rings is 1. The Balaban J connectivity index is 1.66. The van der Waals surface area contributed by atoms with Crippen LogP contribution in [0, 0.1) is 5.82 Å². The van der Waals surface area contributed by atoms with Gasteiger partial charge in [-0.15, -0.1) is 11.8 Å². The highest BCUT2D eigenvalue weighted by Gasteiger charge is 2.10. The van der Waals surface area contributed by atoms with Crippen LogP contribution in [0.4, 0.5) is 4.39 Å². The Labute approximate surface area is 112 Å². The van der Waals surface area contributed by atoms with Crippen molar-refractivity contribution in [2.24, 2.45) is 0 Å². The van der Waals surface area contributed by atoms with E-state index < -0.39 is 0 Å². The highest BCUT2D eigenvalue weighted by Crippen LogP contribution is 2.23. The highest BCUT2D eigenvalue weighted by molar-refractivity contribution is 7.98. The molecule has 19 heavy (non-hydrogen) atoms. The van der Waals surface area contributed by atoms with E-state index in [1.54, 1.807) is 30.5 Å². The van der Waals surface area contributed by atoms with Gasteiger partial charge >= 0.3 is 0 Å². The lowest BCUT2D eigenvalue weighted by atomic mass is 10.4. The number of hydrogen-bond donors (Lipinski definition) is 0. The molecule has 0 bridgehead atoms. The van der Waals surface area contributed by atoms with Crippen molar-refractivity contribution in [2.75, 3.05) is 0 Å². The summed E-state index contributed by atoms with van der Waals surface area (Å²) in [7, 11) is 0. The van der Waals surface area contributed by atoms with Gasteiger partial charge in [-0.1, -0.05) is 5.16 Å². The molecule has 0 aliphatic rings. The summed E-state index contributed by atoms with van der Waals surface area (Å²) >= 11 is 1.50. The Morgan fingerprint density at radius 2 is 2.00 bits per heavy atom. The van der Waals surface area contributed by atoms with E-state index in [2.05, 4.69) is 10.1 Å². The Hall–Kier alpha value is -2.08. The number of thioether (sulfide) groups is 1. The van der Waals surface area contributed by atoms with E-state index in [4.69, 9.17) is 8.94 Å². The van der Waals surface area contributed by atoms with Gasteiger partial charge in [0.25, 0.3) is 0 Å². The van der Waals surface area contributed by atoms with Crippen molar-refractivity contribution < 1.29 is 13.3 Å². The number of rotatable bonds is 4. The molecule has 0 N–H and O–H groups in total. The minimum Gasteiger partial charge on any atom is -0.461 e. The maximum absolute atomic E-state index is 12.7. The molecule has 0 atom stereocenters. The predicted octanol–water partition coefficient (Wildman–Crippen LogP) is 3.76. The quantitative estimate of drug-likeness (QED) is 0.679. The van der Waals surface area contributed by atoms with Crippen LogP contribution in [-0.2, 0) is 5.75 Å². The summed E-state index contributed by atoms with van der Waals surface area (Å²) in [6.07, 6.45) is 1.55. The van der Waals surface area contributed by atoms with Gasteiger partial charge in [-0.2, -0.15) is 4.98 Å². The van der Waals surface area contributed by atoms with Crippen LogP contribution in [0.15, 0.2) is 56.5 Å². The number of benzene rings is 1. The van der Waals surface area contributed by atoms with Gasteiger partial charge < -0.3 is 8.94 Å². The topological polar surface area (TPSA) is 52.1 Å². The first-order valence-corrected chi connectivity index (χ1v) is 6.54. The largest absolute Gasteiger partial charge is 0.461 e. The monoisotopic (exact) mass is 276 g/mol. The van der Waals surface area contributed by atoms with Gasteiger partial charge in [0.1, 0.15) is 5.82 Å². The minimum atomic E-state index is -0.248. The standard InChI is InChI=1S/C13H9FN2O2S/c14-9-3-5-10(6-4-9)19-8-12-15-13(16-18-12)11-2-1-7-17-11/h1-7H,8H2. The lowest BCUT2D eigenvalue weighted by molar-refractivity contribution is 0.390. The first-order chi connectivity index (χ1) is 9.31. The number of hydrogen-bond acceptors (Lipinski definition) is 5. The Kier molecular flexibility index (Phi) is 3.33. The molecule has 4 nitrogen and oxygen atoms in total. The van der Waals surface area contributed by atoms with E-state index in [1.165, 1.54) is 23.9 Å². The molecule has 0 aliphatic carbocycles. The van der Waals surface area contributed by atoms with Crippen LogP contribution in [0.25, 0.3) is 11.6 Å². The van der Waals surface area contributed by atoms with Crippen molar-refractivity contribution >= 4 is 11.8 Å². The third-order valence-corrected chi connectivity index (χ3v) is 3.38. The molecule has 3 rings (SSSR count). The molecule has 2 aromatic heterocycles. The van der Waals surface area contributed by atoms with E-state index in [1.807, 2.05) is 0 Å². The molecular formula is C13H9FN2O2S. The van der Waals surface area contributed by atoms with Gasteiger partial charge in [0.15, 0.2) is 5.76 Å². The zero-order chi connectivity index (χ0) is 13.1. The number of aromatic nitrogens is 2. The van der Waals surface area contributed by atoms with Crippen molar-refractivity contribution in [2.45, 2.75) is 10.6 Å². The third-order valence-electron chi connectivity index (χ3n) is 2.39. The molecular weight excluding hydrogens is 267 g/mol. The zero-order valence-corrected chi connectivity index (χ0v) is 10.6. The summed E-state index contributed by atoms with van der Waals surface area (Å²) in [4.78, 5) is 5.16. The summed E-state index contributed by atoms with van der Waals surface area (Å²) in [5.41, 5.74) is 0. The second-order valence-corrected chi connectivity index (χ2v) is 4.78. The van der Waals surface area contributed by atoms with Gasteiger partial charge in [-0.25, -0.2) is 4.39 Å². The first-order valence-electron chi connectivity index (χ1n) is 5.56. The van der Waals surface area contributed by atoms with Crippen LogP contribution >= 0.6 is 11.8 Å². The molecule has 0 saturated heterocycles. The van der Waals surface area contributed by atoms with Crippen LogP contribution in [-0.4, -0.2) is 10.1 Å². The van der Waals surface area contributed by atoms with E-state index in [0.717, 1.165) is 4.90 Å². The van der Waals surface area contributed by atoms with Crippen LogP contribution < -0.4 is 0 Å². The van der Waals surface area contributed by atoms with Crippen molar-refractivity contribution in [3.05, 3.63) is 54.4 Å². The van der Waals surface area contributed by atoms with Crippen LogP contribution in [0.3, 0.4) is 0 Å². The molecule has 3 aromatic rings. The maximum atomic E-state index is 12.7. The van der Waals surface area contributed by atoms with Crippen molar-refractivity contribution in [3.8, 4) is 11.6 Å². The molecule has 96 valence electrons. The molecule has 2 heterocycles. The fraction of sp³-hybridized carbons (Fsp3) is 0.0769. The average molecular weight is 276 g/mol. The average Bonchev–Trinajstić information content (AvgIpc) is 3.09. The first kappa shape index (κ1) is 12.0. The maximum Gasteiger partial charge on any atom is 0.238 e. The summed E-state index contributed by atoms with van der Waals surface area (Å²) in [6.45, 7) is 0. The molecule has 6 heteroatoms. The lowest BCUT2D eigenvalue weighted by Crippen LogP contribution is -1.82. The molecule has 0 saturated carbocycles. The molecule has 0 radical (unpaired) electrons. The molecule has 0 unspecified atom stereocenters. The second kappa shape index (κ2) is 5.27. The number of nitrogens with zero attached hydrogens (tertiary/aromatic N) is 2. The summed E-state index contributed by atoms with van der Waals surface area (Å²) in [6, 6.07) is 9.79. The normalized spacial score (nSPS) is 10.8. The van der Waals surface area contributed by atoms with E-state index in [9.17, 15) is 4.39 Å². The lowest BCUT2D eigenvalue weighted by Gasteiger charge is -1.97. The fourth-order valence-corrected chi connectivity index (χ4v) is 2.23. The molecule has 0 fully saturated rings. The van der Waals surface area contributed by atoms with E-state index in [0.29, 0.717) is 23.2 Å². The van der Waals surface area contributed by atoms with Crippen LogP contribution in [0.5, 0.6) is 0 Å². The smallest absolute Gasteiger partial charge is 0.238 e. The highest BCUT2D eigenvalue weighted by atomic mass is 32.2. The number of halogens is 1. The van der Waals surface area contributed by atoms with Gasteiger partial charge in [0.05, 0.1) is 12.0 Å². The van der Waals surface area contributed by atoms with E-state index in [-0.39, 0.29) is 5.82 Å². The summed E-state index contributed by atoms with van der Waals surface area (Å²) in [5, 5.41) is 3.83. The Morgan fingerprint density at radius 3 is 2.74 bits per heavy atom. The SMILES string of the molecule is Fc1ccc(SCc2nc(-c3ccco3)no2)cc1. The molecule has 0 aliphatic heterocycles. The van der Waals surface area contributed by atoms with Crippen LogP contribution in [0.1, 0.15) is 5.89 Å². The Bertz CT molecular complexity index is 650. The van der Waals surface area contributed by atoms with Gasteiger partial charge in [0, 0.05) is 4.90 Å². The summed E-state index contributed by atoms with van der Waals surface area (Å²) in [5.74, 6) is 1.78. The second-order valence-electron chi connectivity index (χ2n) is 3.73. The van der Waals surface area contributed by atoms with Crippen LogP contribution in [0.2, 0.25) is 0 Å². The predicted molar refractivity (Wildman–Crippen MR) is 68.0 cm³/mol.